The third-order valence-corrected chi connectivity index (χ3v) is 6.08. The summed E-state index contributed by atoms with van der Waals surface area (Å²) in [6.07, 6.45) is 1.38. The Morgan fingerprint density at radius 1 is 1.33 bits per heavy atom. The molecular weight excluding hydrogens is 330 g/mol. The van der Waals surface area contributed by atoms with E-state index in [-0.39, 0.29) is 16.4 Å². The number of sulfonamides is 1. The molecule has 2 rings (SSSR count). The lowest BCUT2D eigenvalue weighted by Crippen LogP contribution is -2.50. The van der Waals surface area contributed by atoms with Crippen molar-refractivity contribution in [1.29, 1.82) is 0 Å². The first-order valence-corrected chi connectivity index (χ1v) is 9.53. The molecule has 2 N–H and O–H groups in total. The first-order valence-electron chi connectivity index (χ1n) is 8.09. The molecule has 0 spiro atoms. The summed E-state index contributed by atoms with van der Waals surface area (Å²) in [6.45, 7) is 4.86. The van der Waals surface area contributed by atoms with Crippen LogP contribution in [-0.2, 0) is 14.8 Å². The smallest absolute Gasteiger partial charge is 0.251 e. The summed E-state index contributed by atoms with van der Waals surface area (Å²) in [4.78, 5) is 24.1. The largest absolute Gasteiger partial charge is 0.354 e. The van der Waals surface area contributed by atoms with Crippen LogP contribution in [0.15, 0.2) is 29.2 Å². The van der Waals surface area contributed by atoms with E-state index in [1.807, 2.05) is 0 Å². The van der Waals surface area contributed by atoms with Gasteiger partial charge in [0.15, 0.2) is 0 Å². The van der Waals surface area contributed by atoms with Crippen LogP contribution in [0.3, 0.4) is 0 Å². The van der Waals surface area contributed by atoms with Gasteiger partial charge in [-0.05, 0) is 31.0 Å². The van der Waals surface area contributed by atoms with Gasteiger partial charge in [-0.25, -0.2) is 8.42 Å². The minimum Gasteiger partial charge on any atom is -0.354 e. The summed E-state index contributed by atoms with van der Waals surface area (Å²) in [7, 11) is -3.63. The molecule has 132 valence electrons. The fourth-order valence-corrected chi connectivity index (χ4v) is 4.17. The first kappa shape index (κ1) is 18.4. The minimum absolute atomic E-state index is 0.0759. The second-order valence-corrected chi connectivity index (χ2v) is 7.51. The molecule has 1 aliphatic rings. The van der Waals surface area contributed by atoms with Crippen molar-refractivity contribution in [2.45, 2.75) is 37.6 Å². The summed E-state index contributed by atoms with van der Waals surface area (Å²) in [6, 6.07) is 5.32. The Hall–Kier alpha value is -1.93. The zero-order chi connectivity index (χ0) is 17.7. The number of piperidine rings is 1. The summed E-state index contributed by atoms with van der Waals surface area (Å²) >= 11 is 0. The fraction of sp³-hybridized carbons (Fsp3) is 0.500. The van der Waals surface area contributed by atoms with Crippen molar-refractivity contribution in [3.63, 3.8) is 0 Å². The molecule has 1 fully saturated rings. The van der Waals surface area contributed by atoms with Crippen LogP contribution in [-0.4, -0.2) is 50.2 Å². The third-order valence-electron chi connectivity index (χ3n) is 4.03. The highest BCUT2D eigenvalue weighted by Crippen LogP contribution is 2.17. The molecule has 0 unspecified atom stereocenters. The molecule has 1 heterocycles. The van der Waals surface area contributed by atoms with Crippen LogP contribution in [0, 0.1) is 0 Å². The molecule has 1 atom stereocenters. The van der Waals surface area contributed by atoms with Gasteiger partial charge in [-0.15, -0.1) is 0 Å². The molecule has 8 heteroatoms. The van der Waals surface area contributed by atoms with Crippen molar-refractivity contribution >= 4 is 21.8 Å². The standard InChI is InChI=1S/C16H23N3O4S/c1-3-19(4-2)24(22,23)13-8-5-7-12(11-13)15(20)18-14-9-6-10-17-16(14)21/h5,7-8,11,14H,3-4,6,9-10H2,1-2H3,(H,17,21)(H,18,20)/t14-/m0/s1. The van der Waals surface area contributed by atoms with Gasteiger partial charge in [0.2, 0.25) is 15.9 Å². The maximum absolute atomic E-state index is 12.5. The molecule has 0 aromatic heterocycles. The van der Waals surface area contributed by atoms with Crippen molar-refractivity contribution in [2.24, 2.45) is 0 Å². The van der Waals surface area contributed by atoms with Crippen LogP contribution in [0.4, 0.5) is 0 Å². The van der Waals surface area contributed by atoms with Gasteiger partial charge >= 0.3 is 0 Å². The lowest BCUT2D eigenvalue weighted by atomic mass is 10.1. The van der Waals surface area contributed by atoms with E-state index < -0.39 is 22.0 Å². The van der Waals surface area contributed by atoms with Crippen LogP contribution >= 0.6 is 0 Å². The Balaban J connectivity index is 2.20. The topological polar surface area (TPSA) is 95.6 Å². The van der Waals surface area contributed by atoms with E-state index in [1.54, 1.807) is 13.8 Å². The van der Waals surface area contributed by atoms with Crippen molar-refractivity contribution < 1.29 is 18.0 Å². The summed E-state index contributed by atoms with van der Waals surface area (Å²) in [5.74, 6) is -0.657. The van der Waals surface area contributed by atoms with Crippen LogP contribution in [0.25, 0.3) is 0 Å². The van der Waals surface area contributed by atoms with Crippen LogP contribution in [0.2, 0.25) is 0 Å². The fourth-order valence-electron chi connectivity index (χ4n) is 2.66. The molecule has 24 heavy (non-hydrogen) atoms. The van der Waals surface area contributed by atoms with Crippen molar-refractivity contribution in [3.8, 4) is 0 Å². The predicted octanol–water partition coefficient (Wildman–Crippen LogP) is 0.725. The highest BCUT2D eigenvalue weighted by atomic mass is 32.2. The summed E-state index contributed by atoms with van der Waals surface area (Å²) < 4.78 is 26.4. The molecule has 0 saturated carbocycles. The van der Waals surface area contributed by atoms with Gasteiger partial charge in [0.05, 0.1) is 4.90 Å². The van der Waals surface area contributed by atoms with Gasteiger partial charge in [-0.2, -0.15) is 4.31 Å². The quantitative estimate of drug-likeness (QED) is 0.788. The van der Waals surface area contributed by atoms with E-state index in [4.69, 9.17) is 0 Å². The van der Waals surface area contributed by atoms with Gasteiger partial charge in [0.25, 0.3) is 5.91 Å². The number of carbonyl (C=O) groups is 2. The molecule has 1 aromatic rings. The second-order valence-electron chi connectivity index (χ2n) is 5.58. The van der Waals surface area contributed by atoms with Crippen molar-refractivity contribution in [1.82, 2.24) is 14.9 Å². The SMILES string of the molecule is CCN(CC)S(=O)(=O)c1cccc(C(=O)N[C@H]2CCCNC2=O)c1. The molecule has 1 saturated heterocycles. The number of carbonyl (C=O) groups excluding carboxylic acids is 2. The molecule has 2 amide bonds. The van der Waals surface area contributed by atoms with Crippen LogP contribution in [0.5, 0.6) is 0 Å². The number of benzene rings is 1. The minimum atomic E-state index is -3.63. The Labute approximate surface area is 142 Å². The van der Waals surface area contributed by atoms with Gasteiger partial charge in [0.1, 0.15) is 6.04 Å². The molecule has 7 nitrogen and oxygen atoms in total. The number of rotatable bonds is 6. The average Bonchev–Trinajstić information content (AvgIpc) is 2.58. The predicted molar refractivity (Wildman–Crippen MR) is 90.0 cm³/mol. The zero-order valence-corrected chi connectivity index (χ0v) is 14.7. The highest BCUT2D eigenvalue weighted by molar-refractivity contribution is 7.89. The van der Waals surface area contributed by atoms with Crippen LogP contribution in [0.1, 0.15) is 37.0 Å². The van der Waals surface area contributed by atoms with E-state index in [0.29, 0.717) is 26.1 Å². The molecular formula is C16H23N3O4S. The van der Waals surface area contributed by atoms with Gasteiger partial charge in [-0.1, -0.05) is 19.9 Å². The Kier molecular flexibility index (Phi) is 5.95. The average molecular weight is 353 g/mol. The van der Waals surface area contributed by atoms with E-state index in [1.165, 1.54) is 28.6 Å². The maximum Gasteiger partial charge on any atom is 0.251 e. The summed E-state index contributed by atoms with van der Waals surface area (Å²) in [5, 5.41) is 5.36. The van der Waals surface area contributed by atoms with E-state index in [9.17, 15) is 18.0 Å². The van der Waals surface area contributed by atoms with Gasteiger partial charge < -0.3 is 10.6 Å². The van der Waals surface area contributed by atoms with Crippen molar-refractivity contribution in [2.75, 3.05) is 19.6 Å². The molecule has 1 aliphatic heterocycles. The first-order chi connectivity index (χ1) is 11.4. The number of nitrogens with one attached hydrogen (secondary N) is 2. The molecule has 0 aliphatic carbocycles. The zero-order valence-electron chi connectivity index (χ0n) is 13.9. The number of amides is 2. The van der Waals surface area contributed by atoms with Gasteiger partial charge in [-0.3, -0.25) is 9.59 Å². The Morgan fingerprint density at radius 2 is 2.04 bits per heavy atom. The number of hydrogen-bond acceptors (Lipinski definition) is 4. The van der Waals surface area contributed by atoms with E-state index in [2.05, 4.69) is 10.6 Å². The van der Waals surface area contributed by atoms with E-state index in [0.717, 1.165) is 6.42 Å². The maximum atomic E-state index is 12.5. The normalized spacial score (nSPS) is 18.3. The van der Waals surface area contributed by atoms with E-state index >= 15 is 0 Å². The number of nitrogens with zero attached hydrogens (tertiary/aromatic N) is 1. The molecule has 1 aromatic carbocycles. The summed E-state index contributed by atoms with van der Waals surface area (Å²) in [5.41, 5.74) is 0.224. The lowest BCUT2D eigenvalue weighted by Gasteiger charge is -2.23. The Morgan fingerprint density at radius 3 is 2.67 bits per heavy atom. The number of hydrogen-bond donors (Lipinski definition) is 2. The lowest BCUT2D eigenvalue weighted by molar-refractivity contribution is -0.124. The highest BCUT2D eigenvalue weighted by Gasteiger charge is 2.26. The Bertz CT molecular complexity index is 714. The molecule has 0 bridgehead atoms. The second kappa shape index (κ2) is 7.76. The molecule has 0 radical (unpaired) electrons. The monoisotopic (exact) mass is 353 g/mol. The van der Waals surface area contributed by atoms with Crippen LogP contribution < -0.4 is 10.6 Å². The third kappa shape index (κ3) is 3.93. The van der Waals surface area contributed by atoms with Crippen molar-refractivity contribution in [3.05, 3.63) is 29.8 Å². The van der Waals surface area contributed by atoms with Gasteiger partial charge in [0, 0.05) is 25.2 Å².